The van der Waals surface area contributed by atoms with Crippen molar-refractivity contribution in [1.29, 1.82) is 0 Å². The quantitative estimate of drug-likeness (QED) is 0.714. The van der Waals surface area contributed by atoms with Gasteiger partial charge in [-0.2, -0.15) is 13.2 Å². The van der Waals surface area contributed by atoms with Gasteiger partial charge < -0.3 is 21.5 Å². The van der Waals surface area contributed by atoms with E-state index in [1.54, 1.807) is 4.90 Å². The third-order valence-corrected chi connectivity index (χ3v) is 3.69. The van der Waals surface area contributed by atoms with Gasteiger partial charge in [0.1, 0.15) is 12.1 Å². The molecule has 2 heterocycles. The number of hydrogen-bond donors (Lipinski definition) is 3. The summed E-state index contributed by atoms with van der Waals surface area (Å²) >= 11 is 0. The molecule has 0 bridgehead atoms. The number of likely N-dealkylation sites (tertiary alicyclic amines) is 1. The van der Waals surface area contributed by atoms with Crippen LogP contribution in [0.5, 0.6) is 0 Å². The van der Waals surface area contributed by atoms with Gasteiger partial charge in [0, 0.05) is 18.5 Å². The Hall–Kier alpha value is -2.95. The number of halogens is 3. The molecule has 8 nitrogen and oxygen atoms in total. The normalized spacial score (nSPS) is 17.2. The summed E-state index contributed by atoms with van der Waals surface area (Å²) in [5, 5.41) is 7.95. The van der Waals surface area contributed by atoms with Gasteiger partial charge in [0.15, 0.2) is 0 Å². The molecule has 3 rings (SSSR count). The molecule has 0 unspecified atom stereocenters. The van der Waals surface area contributed by atoms with Gasteiger partial charge in [-0.25, -0.2) is 14.8 Å². The zero-order valence-corrected chi connectivity index (χ0v) is 13.4. The van der Waals surface area contributed by atoms with Crippen molar-refractivity contribution in [3.05, 3.63) is 30.1 Å². The summed E-state index contributed by atoms with van der Waals surface area (Å²) in [5.74, 6) is -2.27. The first-order valence-corrected chi connectivity index (χ1v) is 7.43. The van der Waals surface area contributed by atoms with Gasteiger partial charge in [0.2, 0.25) is 5.91 Å². The second-order valence-electron chi connectivity index (χ2n) is 5.57. The van der Waals surface area contributed by atoms with Crippen LogP contribution < -0.4 is 11.5 Å². The largest absolute Gasteiger partial charge is 0.490 e. The lowest BCUT2D eigenvalue weighted by Gasteiger charge is -2.16. The molecule has 1 aromatic carbocycles. The molecule has 140 valence electrons. The second-order valence-corrected chi connectivity index (χ2v) is 5.57. The fraction of sp³-hybridized carbons (Fsp3) is 0.333. The lowest BCUT2D eigenvalue weighted by molar-refractivity contribution is -0.192. The van der Waals surface area contributed by atoms with Gasteiger partial charge >= 0.3 is 12.1 Å². The maximum Gasteiger partial charge on any atom is 0.490 e. The summed E-state index contributed by atoms with van der Waals surface area (Å²) < 4.78 is 31.7. The van der Waals surface area contributed by atoms with Crippen LogP contribution >= 0.6 is 0 Å². The van der Waals surface area contributed by atoms with E-state index < -0.39 is 12.1 Å². The van der Waals surface area contributed by atoms with Crippen molar-refractivity contribution in [3.63, 3.8) is 0 Å². The highest BCUT2D eigenvalue weighted by Gasteiger charge is 2.38. The maximum absolute atomic E-state index is 11.8. The molecule has 1 saturated heterocycles. The number of carbonyl (C=O) groups excluding carboxylic acids is 1. The van der Waals surface area contributed by atoms with Gasteiger partial charge in [-0.05, 0) is 24.1 Å². The molecule has 1 aliphatic rings. The van der Waals surface area contributed by atoms with E-state index in [0.717, 1.165) is 22.9 Å². The van der Waals surface area contributed by atoms with E-state index in [2.05, 4.69) is 9.97 Å². The number of carboxylic acids is 1. The summed E-state index contributed by atoms with van der Waals surface area (Å²) in [5.41, 5.74) is 13.3. The van der Waals surface area contributed by atoms with Crippen LogP contribution in [0.3, 0.4) is 0 Å². The van der Waals surface area contributed by atoms with E-state index in [1.165, 1.54) is 6.33 Å². The lowest BCUT2D eigenvalue weighted by Crippen LogP contribution is -2.33. The van der Waals surface area contributed by atoms with Crippen LogP contribution in [0, 0.1) is 0 Å². The highest BCUT2D eigenvalue weighted by molar-refractivity contribution is 5.88. The number of aliphatic carboxylic acids is 1. The van der Waals surface area contributed by atoms with Crippen molar-refractivity contribution in [2.75, 3.05) is 12.3 Å². The zero-order chi connectivity index (χ0) is 19.5. The van der Waals surface area contributed by atoms with E-state index in [0.29, 0.717) is 18.9 Å². The van der Waals surface area contributed by atoms with Crippen LogP contribution in [-0.4, -0.2) is 50.6 Å². The van der Waals surface area contributed by atoms with E-state index in [4.69, 9.17) is 21.4 Å². The third kappa shape index (κ3) is 4.57. The molecule has 1 amide bonds. The molecule has 0 radical (unpaired) electrons. The smallest absolute Gasteiger partial charge is 0.475 e. The monoisotopic (exact) mass is 371 g/mol. The van der Waals surface area contributed by atoms with Crippen molar-refractivity contribution in [1.82, 2.24) is 14.9 Å². The number of carbonyl (C=O) groups is 2. The number of alkyl halides is 3. The van der Waals surface area contributed by atoms with Crippen LogP contribution in [0.2, 0.25) is 0 Å². The summed E-state index contributed by atoms with van der Waals surface area (Å²) in [4.78, 5) is 30.6. The Morgan fingerprint density at radius 2 is 2.00 bits per heavy atom. The van der Waals surface area contributed by atoms with Crippen LogP contribution in [0.25, 0.3) is 10.9 Å². The molecular formula is C15H16F3N5O3. The topological polar surface area (TPSA) is 135 Å². The maximum atomic E-state index is 11.8. The highest BCUT2D eigenvalue weighted by atomic mass is 19.4. The van der Waals surface area contributed by atoms with Crippen molar-refractivity contribution >= 4 is 28.6 Å². The summed E-state index contributed by atoms with van der Waals surface area (Å²) in [6, 6.07) is 5.42. The number of nitrogen functional groups attached to an aromatic ring is 1. The van der Waals surface area contributed by atoms with Crippen LogP contribution in [0.4, 0.5) is 19.0 Å². The number of carboxylic acid groups (broad SMARTS) is 1. The minimum absolute atomic E-state index is 0.0160. The van der Waals surface area contributed by atoms with Gasteiger partial charge in [-0.3, -0.25) is 4.79 Å². The van der Waals surface area contributed by atoms with E-state index >= 15 is 0 Å². The molecule has 2 aromatic rings. The average Bonchev–Trinajstić information content (AvgIpc) is 2.87. The first-order chi connectivity index (χ1) is 12.1. The Morgan fingerprint density at radius 1 is 1.35 bits per heavy atom. The number of anilines is 1. The summed E-state index contributed by atoms with van der Waals surface area (Å²) in [6.07, 6.45) is -2.92. The van der Waals surface area contributed by atoms with Crippen LogP contribution in [0.15, 0.2) is 24.5 Å². The summed E-state index contributed by atoms with van der Waals surface area (Å²) in [7, 11) is 0. The molecule has 0 spiro atoms. The molecule has 11 heteroatoms. The predicted molar refractivity (Wildman–Crippen MR) is 85.7 cm³/mol. The lowest BCUT2D eigenvalue weighted by atomic mass is 10.1. The van der Waals surface area contributed by atoms with E-state index in [-0.39, 0.29) is 11.9 Å². The third-order valence-electron chi connectivity index (χ3n) is 3.69. The number of amides is 1. The number of nitrogens with zero attached hydrogens (tertiary/aromatic N) is 3. The molecule has 1 atom stereocenters. The fourth-order valence-electron chi connectivity index (χ4n) is 2.36. The minimum Gasteiger partial charge on any atom is -0.475 e. The average molecular weight is 371 g/mol. The molecule has 0 saturated carbocycles. The molecular weight excluding hydrogens is 355 g/mol. The summed E-state index contributed by atoms with van der Waals surface area (Å²) in [6.45, 7) is 1.27. The highest BCUT2D eigenvalue weighted by Crippen LogP contribution is 2.20. The molecule has 1 aromatic heterocycles. The standard InChI is InChI=1S/C13H15N5O.C2HF3O2/c14-10-3-4-18(13(10)19)6-8-1-2-9-11(5-8)16-7-17-12(9)15;3-2(4,5)1(6)7/h1-2,5,7,10H,3-4,6,14H2,(H2,15,16,17);(H,6,7)/t10-;/m1./s1. The van der Waals surface area contributed by atoms with Gasteiger partial charge in [-0.1, -0.05) is 6.07 Å². The second kappa shape index (κ2) is 7.52. The first kappa shape index (κ1) is 19.4. The SMILES string of the molecule is Nc1ncnc2cc(CN3CC[C@@H](N)C3=O)ccc12.O=C(O)C(F)(F)F. The van der Waals surface area contributed by atoms with E-state index in [9.17, 15) is 18.0 Å². The molecule has 5 N–H and O–H groups in total. The Labute approximate surface area is 145 Å². The van der Waals surface area contributed by atoms with Crippen molar-refractivity contribution in [2.45, 2.75) is 25.2 Å². The number of hydrogen-bond acceptors (Lipinski definition) is 6. The van der Waals surface area contributed by atoms with Gasteiger partial charge in [-0.15, -0.1) is 0 Å². The number of rotatable bonds is 2. The fourth-order valence-corrected chi connectivity index (χ4v) is 2.36. The number of fused-ring (bicyclic) bond motifs is 1. The minimum atomic E-state index is -5.08. The van der Waals surface area contributed by atoms with E-state index in [1.807, 2.05) is 18.2 Å². The Kier molecular flexibility index (Phi) is 5.60. The first-order valence-electron chi connectivity index (χ1n) is 7.43. The van der Waals surface area contributed by atoms with Crippen LogP contribution in [0.1, 0.15) is 12.0 Å². The number of aromatic nitrogens is 2. The Bertz CT molecular complexity index is 828. The van der Waals surface area contributed by atoms with Gasteiger partial charge in [0.25, 0.3) is 0 Å². The van der Waals surface area contributed by atoms with Crippen molar-refractivity contribution in [3.8, 4) is 0 Å². The molecule has 1 aliphatic heterocycles. The Balaban J connectivity index is 0.000000298. The number of nitrogens with two attached hydrogens (primary N) is 2. The zero-order valence-electron chi connectivity index (χ0n) is 13.4. The number of benzene rings is 1. The van der Waals surface area contributed by atoms with Crippen LogP contribution in [-0.2, 0) is 16.1 Å². The molecule has 0 aliphatic carbocycles. The van der Waals surface area contributed by atoms with Crippen molar-refractivity contribution < 1.29 is 27.9 Å². The predicted octanol–water partition coefficient (Wildman–Crippen LogP) is 0.905. The molecule has 26 heavy (non-hydrogen) atoms. The molecule has 1 fully saturated rings. The Morgan fingerprint density at radius 3 is 2.54 bits per heavy atom. The van der Waals surface area contributed by atoms with Crippen molar-refractivity contribution in [2.24, 2.45) is 5.73 Å². The van der Waals surface area contributed by atoms with Gasteiger partial charge in [0.05, 0.1) is 11.6 Å².